The number of carbonyl (C=O) groups excluding carboxylic acids is 1. The number of aliphatic hydroxyl groups is 1. The van der Waals surface area contributed by atoms with Crippen molar-refractivity contribution < 1.29 is 27.8 Å². The van der Waals surface area contributed by atoms with Gasteiger partial charge in [0, 0.05) is 26.2 Å². The maximum atomic E-state index is 12.6. The summed E-state index contributed by atoms with van der Waals surface area (Å²) in [5, 5.41) is 12.1. The molecular weight excluding hydrogens is 277 g/mol. The zero-order valence-corrected chi connectivity index (χ0v) is 11.5. The number of amides is 1. The minimum atomic E-state index is -4.61. The Morgan fingerprint density at radius 2 is 2.00 bits per heavy atom. The van der Waals surface area contributed by atoms with E-state index in [0.717, 1.165) is 0 Å². The van der Waals surface area contributed by atoms with Gasteiger partial charge in [0.1, 0.15) is 0 Å². The average molecular weight is 298 g/mol. The highest BCUT2D eigenvalue weighted by Crippen LogP contribution is 2.38. The van der Waals surface area contributed by atoms with E-state index in [1.807, 2.05) is 6.92 Å². The lowest BCUT2D eigenvalue weighted by Crippen LogP contribution is -2.54. The van der Waals surface area contributed by atoms with E-state index in [2.05, 4.69) is 5.32 Å². The van der Waals surface area contributed by atoms with E-state index in [9.17, 15) is 23.1 Å². The van der Waals surface area contributed by atoms with Crippen LogP contribution in [0.1, 0.15) is 19.8 Å². The zero-order valence-electron chi connectivity index (χ0n) is 11.5. The summed E-state index contributed by atoms with van der Waals surface area (Å²) in [6.45, 7) is 3.35. The summed E-state index contributed by atoms with van der Waals surface area (Å²) in [6.07, 6.45) is -5.41. The van der Waals surface area contributed by atoms with Crippen molar-refractivity contribution in [1.29, 1.82) is 0 Å². The van der Waals surface area contributed by atoms with Gasteiger partial charge in [0.25, 0.3) is 0 Å². The quantitative estimate of drug-likeness (QED) is 0.702. The minimum absolute atomic E-state index is 0.0417. The maximum absolute atomic E-state index is 12.6. The molecule has 2 N–H and O–H groups in total. The number of rotatable bonds is 6. The van der Waals surface area contributed by atoms with E-state index in [4.69, 9.17) is 4.74 Å². The van der Waals surface area contributed by atoms with Crippen LogP contribution in [0.3, 0.4) is 0 Å². The highest BCUT2D eigenvalue weighted by Gasteiger charge is 2.54. The second kappa shape index (κ2) is 7.24. The van der Waals surface area contributed by atoms with E-state index in [1.165, 1.54) is 0 Å². The summed E-state index contributed by atoms with van der Waals surface area (Å²) in [6, 6.07) is 0. The Kier molecular flexibility index (Phi) is 6.22. The molecule has 20 heavy (non-hydrogen) atoms. The molecule has 1 fully saturated rings. The number of halogens is 3. The fourth-order valence-corrected chi connectivity index (χ4v) is 2.03. The van der Waals surface area contributed by atoms with Crippen molar-refractivity contribution in [2.24, 2.45) is 0 Å². The van der Waals surface area contributed by atoms with Gasteiger partial charge in [0.15, 0.2) is 5.60 Å². The first kappa shape index (κ1) is 17.2. The molecule has 8 heteroatoms. The zero-order chi connectivity index (χ0) is 15.2. The van der Waals surface area contributed by atoms with Crippen LogP contribution in [-0.4, -0.2) is 67.1 Å². The van der Waals surface area contributed by atoms with Gasteiger partial charge in [-0.1, -0.05) is 0 Å². The van der Waals surface area contributed by atoms with Crippen molar-refractivity contribution in [1.82, 2.24) is 10.2 Å². The molecule has 1 amide bonds. The van der Waals surface area contributed by atoms with E-state index in [1.54, 1.807) is 4.90 Å². The molecule has 0 spiro atoms. The van der Waals surface area contributed by atoms with Gasteiger partial charge in [0.05, 0.1) is 13.2 Å². The smallest absolute Gasteiger partial charge is 0.380 e. The minimum Gasteiger partial charge on any atom is -0.380 e. The van der Waals surface area contributed by atoms with Gasteiger partial charge in [0.2, 0.25) is 5.91 Å². The second-order valence-electron chi connectivity index (χ2n) is 4.85. The van der Waals surface area contributed by atoms with Gasteiger partial charge >= 0.3 is 6.18 Å². The number of hydrogen-bond donors (Lipinski definition) is 2. The lowest BCUT2D eigenvalue weighted by atomic mass is 9.91. The number of hydrogen-bond acceptors (Lipinski definition) is 4. The van der Waals surface area contributed by atoms with Gasteiger partial charge < -0.3 is 15.2 Å². The molecule has 0 aromatic heterocycles. The van der Waals surface area contributed by atoms with Crippen LogP contribution >= 0.6 is 0 Å². The molecule has 0 aromatic carbocycles. The number of piperidine rings is 1. The number of nitrogens with one attached hydrogen (secondary N) is 1. The second-order valence-corrected chi connectivity index (χ2v) is 4.85. The molecule has 0 radical (unpaired) electrons. The predicted octanol–water partition coefficient (Wildman–Crippen LogP) is 0.528. The first-order valence-corrected chi connectivity index (χ1v) is 6.64. The van der Waals surface area contributed by atoms with Crippen LogP contribution in [-0.2, 0) is 9.53 Å². The van der Waals surface area contributed by atoms with Gasteiger partial charge in [-0.3, -0.25) is 9.69 Å². The van der Waals surface area contributed by atoms with Crippen molar-refractivity contribution in [3.63, 3.8) is 0 Å². The van der Waals surface area contributed by atoms with E-state index >= 15 is 0 Å². The van der Waals surface area contributed by atoms with Gasteiger partial charge in [-0.15, -0.1) is 0 Å². The van der Waals surface area contributed by atoms with Crippen molar-refractivity contribution in [3.05, 3.63) is 0 Å². The number of ether oxygens (including phenoxy) is 1. The summed E-state index contributed by atoms with van der Waals surface area (Å²) in [4.78, 5) is 13.1. The van der Waals surface area contributed by atoms with Gasteiger partial charge in [-0.2, -0.15) is 13.2 Å². The van der Waals surface area contributed by atoms with Gasteiger partial charge in [-0.25, -0.2) is 0 Å². The molecule has 0 atom stereocenters. The molecule has 1 aliphatic rings. The third kappa shape index (κ3) is 4.92. The average Bonchev–Trinajstić information content (AvgIpc) is 2.36. The van der Waals surface area contributed by atoms with Crippen LogP contribution in [0.25, 0.3) is 0 Å². The Morgan fingerprint density at radius 1 is 1.40 bits per heavy atom. The Hall–Kier alpha value is -0.860. The molecule has 0 unspecified atom stereocenters. The lowest BCUT2D eigenvalue weighted by molar-refractivity contribution is -0.272. The van der Waals surface area contributed by atoms with Crippen LogP contribution in [0, 0.1) is 0 Å². The number of likely N-dealkylation sites (tertiary alicyclic amines) is 1. The topological polar surface area (TPSA) is 61.8 Å². The van der Waals surface area contributed by atoms with Crippen LogP contribution < -0.4 is 5.32 Å². The lowest BCUT2D eigenvalue weighted by Gasteiger charge is -2.38. The summed E-state index contributed by atoms with van der Waals surface area (Å²) in [7, 11) is 0. The third-order valence-corrected chi connectivity index (χ3v) is 3.35. The van der Waals surface area contributed by atoms with E-state index in [-0.39, 0.29) is 25.5 Å². The first-order chi connectivity index (χ1) is 9.28. The number of nitrogens with zero attached hydrogens (tertiary/aromatic N) is 1. The van der Waals surface area contributed by atoms with Crippen molar-refractivity contribution in [3.8, 4) is 0 Å². The van der Waals surface area contributed by atoms with Crippen molar-refractivity contribution >= 4 is 5.91 Å². The molecule has 118 valence electrons. The molecule has 0 aromatic rings. The summed E-state index contributed by atoms with van der Waals surface area (Å²) in [5.41, 5.74) is -2.62. The molecule has 1 heterocycles. The molecular formula is C12H21F3N2O3. The number of alkyl halides is 3. The Morgan fingerprint density at radius 3 is 2.50 bits per heavy atom. The standard InChI is InChI=1S/C12H21F3N2O3/c1-2-20-8-5-16-10(18)9-17-6-3-11(19,4-7-17)12(13,14)15/h19H,2-9H2,1H3,(H,16,18). The molecule has 5 nitrogen and oxygen atoms in total. The van der Waals surface area contributed by atoms with Crippen LogP contribution in [0.4, 0.5) is 13.2 Å². The fraction of sp³-hybridized carbons (Fsp3) is 0.917. The Balaban J connectivity index is 2.27. The van der Waals surface area contributed by atoms with Crippen LogP contribution in [0.15, 0.2) is 0 Å². The molecule has 0 bridgehead atoms. The summed E-state index contributed by atoms with van der Waals surface area (Å²) >= 11 is 0. The Bertz CT molecular complexity index is 316. The molecule has 0 aliphatic carbocycles. The molecule has 1 aliphatic heterocycles. The predicted molar refractivity (Wildman–Crippen MR) is 66.2 cm³/mol. The van der Waals surface area contributed by atoms with Gasteiger partial charge in [-0.05, 0) is 19.8 Å². The normalized spacial score (nSPS) is 19.9. The van der Waals surface area contributed by atoms with E-state index in [0.29, 0.717) is 19.8 Å². The maximum Gasteiger partial charge on any atom is 0.417 e. The fourth-order valence-electron chi connectivity index (χ4n) is 2.03. The monoisotopic (exact) mass is 298 g/mol. The molecule has 1 saturated heterocycles. The Labute approximate surface area is 116 Å². The third-order valence-electron chi connectivity index (χ3n) is 3.35. The van der Waals surface area contributed by atoms with Crippen LogP contribution in [0.5, 0.6) is 0 Å². The number of carbonyl (C=O) groups is 1. The highest BCUT2D eigenvalue weighted by molar-refractivity contribution is 5.77. The van der Waals surface area contributed by atoms with Crippen LogP contribution in [0.2, 0.25) is 0 Å². The first-order valence-electron chi connectivity index (χ1n) is 6.64. The summed E-state index contributed by atoms with van der Waals surface area (Å²) in [5.74, 6) is -0.248. The molecule has 0 saturated carbocycles. The van der Waals surface area contributed by atoms with Crippen molar-refractivity contribution in [2.45, 2.75) is 31.5 Å². The summed E-state index contributed by atoms with van der Waals surface area (Å²) < 4.78 is 42.8. The molecule has 1 rings (SSSR count). The largest absolute Gasteiger partial charge is 0.417 e. The highest BCUT2D eigenvalue weighted by atomic mass is 19.4. The van der Waals surface area contributed by atoms with Crippen molar-refractivity contribution in [2.75, 3.05) is 39.4 Å². The van der Waals surface area contributed by atoms with E-state index < -0.39 is 24.6 Å². The SMILES string of the molecule is CCOCCNC(=O)CN1CCC(O)(C(F)(F)F)CC1.